The monoisotopic (exact) mass is 430 g/mol. The number of hydrogen-bond acceptors (Lipinski definition) is 4. The summed E-state index contributed by atoms with van der Waals surface area (Å²) < 4.78 is 10.9. The Hall–Kier alpha value is -1.14. The van der Waals surface area contributed by atoms with Gasteiger partial charge in [-0.2, -0.15) is 0 Å². The Morgan fingerprint density at radius 2 is 1.13 bits per heavy atom. The first kappa shape index (κ1) is 28.9. The van der Waals surface area contributed by atoms with E-state index in [0.29, 0.717) is 19.4 Å². The average Bonchev–Trinajstić information content (AvgIpc) is 2.71. The minimum absolute atomic E-state index is 0.0326. The third-order valence-electron chi connectivity index (χ3n) is 5.68. The van der Waals surface area contributed by atoms with Gasteiger partial charge < -0.3 is 19.7 Å². The molecular formula is C24H46O6. The van der Waals surface area contributed by atoms with Crippen LogP contribution in [-0.4, -0.2) is 48.6 Å². The Bertz CT molecular complexity index is 408. The van der Waals surface area contributed by atoms with Gasteiger partial charge in [0, 0.05) is 0 Å². The highest BCUT2D eigenvalue weighted by atomic mass is 16.5. The van der Waals surface area contributed by atoms with Crippen molar-refractivity contribution < 1.29 is 29.3 Å². The summed E-state index contributed by atoms with van der Waals surface area (Å²) in [4.78, 5) is 22.7. The van der Waals surface area contributed by atoms with Crippen LogP contribution in [0.2, 0.25) is 0 Å². The van der Waals surface area contributed by atoms with E-state index in [0.717, 1.165) is 25.7 Å². The maximum absolute atomic E-state index is 12.2. The molecule has 0 aromatic heterocycles. The van der Waals surface area contributed by atoms with Gasteiger partial charge in [0.25, 0.3) is 0 Å². The van der Waals surface area contributed by atoms with Gasteiger partial charge in [0.05, 0.1) is 38.3 Å². The molecule has 0 heterocycles. The van der Waals surface area contributed by atoms with Gasteiger partial charge in [0.2, 0.25) is 0 Å². The van der Waals surface area contributed by atoms with Crippen LogP contribution >= 0.6 is 0 Å². The van der Waals surface area contributed by atoms with E-state index in [1.165, 1.54) is 51.4 Å². The highest BCUT2D eigenvalue weighted by molar-refractivity contribution is 5.74. The second kappa shape index (κ2) is 19.8. The van der Waals surface area contributed by atoms with Gasteiger partial charge in [-0.15, -0.1) is 0 Å². The van der Waals surface area contributed by atoms with E-state index in [1.54, 1.807) is 0 Å². The minimum Gasteiger partial charge on any atom is -0.481 e. The first-order chi connectivity index (χ1) is 14.5. The molecule has 0 saturated carbocycles. The second-order valence-corrected chi connectivity index (χ2v) is 8.43. The summed E-state index contributed by atoms with van der Waals surface area (Å²) in [6, 6.07) is 0. The van der Waals surface area contributed by atoms with Crippen molar-refractivity contribution in [2.24, 2.45) is 5.41 Å². The number of carboxylic acid groups (broad SMARTS) is 2. The summed E-state index contributed by atoms with van der Waals surface area (Å²) in [6.45, 7) is 5.32. The topological polar surface area (TPSA) is 93.1 Å². The Morgan fingerprint density at radius 1 is 0.667 bits per heavy atom. The fourth-order valence-corrected chi connectivity index (χ4v) is 3.68. The van der Waals surface area contributed by atoms with E-state index in [4.69, 9.17) is 14.6 Å². The lowest BCUT2D eigenvalue weighted by Gasteiger charge is -2.29. The van der Waals surface area contributed by atoms with Gasteiger partial charge in [-0.1, -0.05) is 90.9 Å². The molecule has 0 aliphatic rings. The van der Waals surface area contributed by atoms with Gasteiger partial charge in [-0.3, -0.25) is 9.59 Å². The van der Waals surface area contributed by atoms with Crippen molar-refractivity contribution in [3.8, 4) is 0 Å². The maximum Gasteiger partial charge on any atom is 0.311 e. The summed E-state index contributed by atoms with van der Waals surface area (Å²) in [5.74, 6) is -1.64. The van der Waals surface area contributed by atoms with Gasteiger partial charge >= 0.3 is 11.9 Å². The van der Waals surface area contributed by atoms with Crippen LogP contribution < -0.4 is 0 Å². The van der Waals surface area contributed by atoms with Crippen molar-refractivity contribution >= 4 is 11.9 Å². The molecule has 0 rings (SSSR count). The zero-order valence-electron chi connectivity index (χ0n) is 19.5. The zero-order valence-corrected chi connectivity index (χ0v) is 19.5. The summed E-state index contributed by atoms with van der Waals surface area (Å²) in [5.41, 5.74) is -0.823. The number of rotatable bonds is 23. The van der Waals surface area contributed by atoms with Crippen LogP contribution in [0.25, 0.3) is 0 Å². The lowest BCUT2D eigenvalue weighted by molar-refractivity contribution is -0.155. The van der Waals surface area contributed by atoms with Crippen molar-refractivity contribution in [2.45, 2.75) is 110 Å². The molecule has 2 N–H and O–H groups in total. The Labute approximate surface area is 183 Å². The molecule has 0 fully saturated rings. The van der Waals surface area contributed by atoms with E-state index < -0.39 is 17.4 Å². The van der Waals surface area contributed by atoms with Crippen LogP contribution in [0.1, 0.15) is 110 Å². The maximum atomic E-state index is 12.2. The number of unbranched alkanes of at least 4 members (excludes halogenated alkanes) is 10. The van der Waals surface area contributed by atoms with Crippen LogP contribution in [0.4, 0.5) is 0 Å². The lowest BCUT2D eigenvalue weighted by atomic mass is 9.78. The standard InChI is InChI=1S/C24H46O6/c1-3-5-7-9-11-13-16-24(23(27)28,17-14-12-10-8-6-4-2)21-30-20-19-29-18-15-22(25)26/h3-21H2,1-2H3,(H,25,26)(H,27,28). The van der Waals surface area contributed by atoms with Crippen molar-refractivity contribution in [3.63, 3.8) is 0 Å². The Kier molecular flexibility index (Phi) is 19.0. The predicted octanol–water partition coefficient (Wildman–Crippen LogP) is 6.07. The molecule has 0 spiro atoms. The third kappa shape index (κ3) is 15.7. The molecular weight excluding hydrogens is 384 g/mol. The van der Waals surface area contributed by atoms with Crippen LogP contribution in [0, 0.1) is 5.41 Å². The van der Waals surface area contributed by atoms with Gasteiger partial charge in [-0.25, -0.2) is 0 Å². The largest absolute Gasteiger partial charge is 0.481 e. The molecule has 0 aliphatic heterocycles. The minimum atomic E-state index is -0.890. The first-order valence-electron chi connectivity index (χ1n) is 12.1. The molecule has 0 bridgehead atoms. The Morgan fingerprint density at radius 3 is 1.60 bits per heavy atom. The first-order valence-corrected chi connectivity index (χ1v) is 12.1. The van der Waals surface area contributed by atoms with E-state index in [9.17, 15) is 14.7 Å². The van der Waals surface area contributed by atoms with E-state index >= 15 is 0 Å². The van der Waals surface area contributed by atoms with Gasteiger partial charge in [0.1, 0.15) is 0 Å². The summed E-state index contributed by atoms with van der Waals surface area (Å²) in [5, 5.41) is 18.6. The highest BCUT2D eigenvalue weighted by Crippen LogP contribution is 2.33. The summed E-state index contributed by atoms with van der Waals surface area (Å²) >= 11 is 0. The molecule has 6 heteroatoms. The number of hydrogen-bond donors (Lipinski definition) is 2. The van der Waals surface area contributed by atoms with Crippen LogP contribution in [0.15, 0.2) is 0 Å². The number of carboxylic acids is 2. The fraction of sp³-hybridized carbons (Fsp3) is 0.917. The van der Waals surface area contributed by atoms with E-state index in [1.807, 2.05) is 0 Å². The van der Waals surface area contributed by atoms with E-state index in [-0.39, 0.29) is 26.2 Å². The van der Waals surface area contributed by atoms with Crippen molar-refractivity contribution in [1.29, 1.82) is 0 Å². The number of ether oxygens (including phenoxy) is 2. The SMILES string of the molecule is CCCCCCCCC(CCCCCCCC)(COCCOCCC(=O)O)C(=O)O. The quantitative estimate of drug-likeness (QED) is 0.191. The number of carbonyl (C=O) groups is 2. The van der Waals surface area contributed by atoms with Crippen molar-refractivity contribution in [3.05, 3.63) is 0 Å². The van der Waals surface area contributed by atoms with Crippen LogP contribution in [0.5, 0.6) is 0 Å². The van der Waals surface area contributed by atoms with Crippen LogP contribution in [0.3, 0.4) is 0 Å². The average molecular weight is 431 g/mol. The highest BCUT2D eigenvalue weighted by Gasteiger charge is 2.37. The van der Waals surface area contributed by atoms with E-state index in [2.05, 4.69) is 13.8 Å². The second-order valence-electron chi connectivity index (χ2n) is 8.43. The lowest BCUT2D eigenvalue weighted by Crippen LogP contribution is -2.36. The fourth-order valence-electron chi connectivity index (χ4n) is 3.68. The van der Waals surface area contributed by atoms with Gasteiger partial charge in [0.15, 0.2) is 0 Å². The zero-order chi connectivity index (χ0) is 22.5. The molecule has 30 heavy (non-hydrogen) atoms. The molecule has 0 amide bonds. The molecule has 0 aromatic carbocycles. The smallest absolute Gasteiger partial charge is 0.311 e. The third-order valence-corrected chi connectivity index (χ3v) is 5.68. The van der Waals surface area contributed by atoms with Gasteiger partial charge in [-0.05, 0) is 12.8 Å². The predicted molar refractivity (Wildman–Crippen MR) is 120 cm³/mol. The van der Waals surface area contributed by atoms with Crippen molar-refractivity contribution in [2.75, 3.05) is 26.4 Å². The normalized spacial score (nSPS) is 11.7. The number of aliphatic carboxylic acids is 2. The molecule has 178 valence electrons. The molecule has 0 unspecified atom stereocenters. The molecule has 0 atom stereocenters. The van der Waals surface area contributed by atoms with Crippen LogP contribution in [-0.2, 0) is 19.1 Å². The summed E-state index contributed by atoms with van der Waals surface area (Å²) in [7, 11) is 0. The molecule has 0 aromatic rings. The Balaban J connectivity index is 4.48. The molecule has 0 saturated heterocycles. The van der Waals surface area contributed by atoms with Crippen molar-refractivity contribution in [1.82, 2.24) is 0 Å². The molecule has 0 aliphatic carbocycles. The molecule has 6 nitrogen and oxygen atoms in total. The molecule has 0 radical (unpaired) electrons. The summed E-state index contributed by atoms with van der Waals surface area (Å²) in [6.07, 6.45) is 14.9.